The maximum absolute atomic E-state index is 10.1. The maximum Gasteiger partial charge on any atom is 0.0577 e. The summed E-state index contributed by atoms with van der Waals surface area (Å²) in [5.41, 5.74) is 2.62. The van der Waals surface area contributed by atoms with Crippen molar-refractivity contribution in [1.29, 1.82) is 0 Å². The Bertz CT molecular complexity index is 506. The van der Waals surface area contributed by atoms with E-state index in [1.807, 2.05) is 0 Å². The molecule has 3 saturated carbocycles. The van der Waals surface area contributed by atoms with E-state index in [4.69, 9.17) is 0 Å². The van der Waals surface area contributed by atoms with Crippen molar-refractivity contribution in [1.82, 2.24) is 0 Å². The number of allylic oxidation sites excluding steroid dienone is 1. The van der Waals surface area contributed by atoms with Crippen molar-refractivity contribution in [3.05, 3.63) is 11.6 Å². The highest BCUT2D eigenvalue weighted by Crippen LogP contribution is 2.67. The van der Waals surface area contributed by atoms with Crippen LogP contribution in [-0.2, 0) is 0 Å². The molecule has 1 N–H and O–H groups in total. The van der Waals surface area contributed by atoms with Crippen LogP contribution in [0.25, 0.3) is 0 Å². The first-order valence-corrected chi connectivity index (χ1v) is 10.2. The van der Waals surface area contributed by atoms with Crippen LogP contribution in [0.2, 0.25) is 0 Å². The van der Waals surface area contributed by atoms with Crippen molar-refractivity contribution >= 4 is 0 Å². The molecular formula is C22H36O. The first-order valence-electron chi connectivity index (χ1n) is 10.2. The number of aliphatic hydroxyl groups is 1. The fourth-order valence-corrected chi connectivity index (χ4v) is 7.78. The van der Waals surface area contributed by atoms with Crippen LogP contribution in [0.5, 0.6) is 0 Å². The Labute approximate surface area is 142 Å². The van der Waals surface area contributed by atoms with E-state index in [9.17, 15) is 5.11 Å². The maximum atomic E-state index is 10.1. The van der Waals surface area contributed by atoms with Gasteiger partial charge in [0.1, 0.15) is 0 Å². The Morgan fingerprint density at radius 3 is 2.57 bits per heavy atom. The zero-order valence-corrected chi connectivity index (χ0v) is 15.6. The molecule has 0 aromatic carbocycles. The van der Waals surface area contributed by atoms with Crippen molar-refractivity contribution in [2.24, 2.45) is 40.4 Å². The second-order valence-corrected chi connectivity index (χ2v) is 10.1. The molecule has 4 aliphatic carbocycles. The molecule has 0 aromatic heterocycles. The van der Waals surface area contributed by atoms with Gasteiger partial charge < -0.3 is 5.11 Å². The molecule has 0 saturated heterocycles. The summed E-state index contributed by atoms with van der Waals surface area (Å²) in [6.07, 6.45) is 12.8. The summed E-state index contributed by atoms with van der Waals surface area (Å²) in [6, 6.07) is 0. The third kappa shape index (κ3) is 2.21. The molecule has 0 aliphatic heterocycles. The smallest absolute Gasteiger partial charge is 0.0577 e. The summed E-state index contributed by atoms with van der Waals surface area (Å²) < 4.78 is 0. The van der Waals surface area contributed by atoms with Gasteiger partial charge in [-0.3, -0.25) is 0 Å². The van der Waals surface area contributed by atoms with Gasteiger partial charge in [-0.05, 0) is 91.8 Å². The predicted molar refractivity (Wildman–Crippen MR) is 96.0 cm³/mol. The van der Waals surface area contributed by atoms with Crippen LogP contribution >= 0.6 is 0 Å². The standard InChI is InChI=1S/C22H36O/c1-14(2)18-7-8-19-17-6-5-15-13-16(23)9-11-21(15,3)20(17)10-12-22(18,19)4/h5,14,16-20,23H,6-13H2,1-4H3/t16-,17-,18+,19-,20-,21-,22-/m0/s1. The molecule has 0 amide bonds. The third-order valence-electron chi connectivity index (χ3n) is 8.96. The average molecular weight is 317 g/mol. The molecule has 0 spiro atoms. The molecule has 3 fully saturated rings. The first kappa shape index (κ1) is 16.2. The van der Waals surface area contributed by atoms with E-state index in [-0.39, 0.29) is 6.10 Å². The van der Waals surface area contributed by atoms with Crippen LogP contribution in [0.3, 0.4) is 0 Å². The van der Waals surface area contributed by atoms with Crippen molar-refractivity contribution in [2.75, 3.05) is 0 Å². The highest BCUT2D eigenvalue weighted by molar-refractivity contribution is 5.25. The SMILES string of the molecule is CC(C)[C@H]1CC[C@H]2[C@@H]3CC=C4C[C@@H](O)CC[C@]4(C)[C@H]3CC[C@@]12C. The number of hydrogen-bond donors (Lipinski definition) is 1. The zero-order valence-electron chi connectivity index (χ0n) is 15.6. The normalized spacial score (nSPS) is 52.6. The van der Waals surface area contributed by atoms with Crippen molar-refractivity contribution in [3.8, 4) is 0 Å². The lowest BCUT2D eigenvalue weighted by Gasteiger charge is -2.58. The van der Waals surface area contributed by atoms with Gasteiger partial charge in [-0.15, -0.1) is 0 Å². The number of rotatable bonds is 1. The molecule has 0 radical (unpaired) electrons. The molecule has 1 heteroatoms. The molecule has 7 atom stereocenters. The monoisotopic (exact) mass is 316 g/mol. The fourth-order valence-electron chi connectivity index (χ4n) is 7.78. The van der Waals surface area contributed by atoms with Gasteiger partial charge in [0.25, 0.3) is 0 Å². The highest BCUT2D eigenvalue weighted by Gasteiger charge is 2.58. The molecule has 4 rings (SSSR count). The lowest BCUT2D eigenvalue weighted by atomic mass is 9.47. The molecule has 4 aliphatic rings. The van der Waals surface area contributed by atoms with Gasteiger partial charge >= 0.3 is 0 Å². The molecule has 0 unspecified atom stereocenters. The van der Waals surface area contributed by atoms with E-state index in [1.165, 1.54) is 38.5 Å². The van der Waals surface area contributed by atoms with Gasteiger partial charge in [-0.1, -0.05) is 39.3 Å². The molecule has 0 heterocycles. The van der Waals surface area contributed by atoms with E-state index >= 15 is 0 Å². The summed E-state index contributed by atoms with van der Waals surface area (Å²) in [6.45, 7) is 10.1. The van der Waals surface area contributed by atoms with E-state index in [1.54, 1.807) is 5.57 Å². The quantitative estimate of drug-likeness (QED) is 0.626. The second kappa shape index (κ2) is 5.35. The van der Waals surface area contributed by atoms with Crippen molar-refractivity contribution in [2.45, 2.75) is 85.2 Å². The van der Waals surface area contributed by atoms with Crippen molar-refractivity contribution < 1.29 is 5.11 Å². The molecule has 1 nitrogen and oxygen atoms in total. The van der Waals surface area contributed by atoms with Crippen molar-refractivity contribution in [3.63, 3.8) is 0 Å². The average Bonchev–Trinajstić information content (AvgIpc) is 2.85. The number of aliphatic hydroxyl groups excluding tert-OH is 1. The van der Waals surface area contributed by atoms with E-state index in [0.717, 1.165) is 42.4 Å². The van der Waals surface area contributed by atoms with Crippen LogP contribution in [0.15, 0.2) is 11.6 Å². The third-order valence-corrected chi connectivity index (χ3v) is 8.96. The Balaban J connectivity index is 1.65. The largest absolute Gasteiger partial charge is 0.393 e. The minimum absolute atomic E-state index is 0.0727. The van der Waals surface area contributed by atoms with Crippen LogP contribution in [0.1, 0.15) is 79.1 Å². The van der Waals surface area contributed by atoms with Crippen LogP contribution in [0.4, 0.5) is 0 Å². The zero-order chi connectivity index (χ0) is 16.4. The van der Waals surface area contributed by atoms with Gasteiger partial charge in [0, 0.05) is 0 Å². The second-order valence-electron chi connectivity index (χ2n) is 10.1. The summed E-state index contributed by atoms with van der Waals surface area (Å²) in [5, 5.41) is 10.1. The Kier molecular flexibility index (Phi) is 3.76. The van der Waals surface area contributed by atoms with Gasteiger partial charge in [-0.2, -0.15) is 0 Å². The lowest BCUT2D eigenvalue weighted by Crippen LogP contribution is -2.50. The minimum Gasteiger partial charge on any atom is -0.393 e. The van der Waals surface area contributed by atoms with Gasteiger partial charge in [0.15, 0.2) is 0 Å². The number of fused-ring (bicyclic) bond motifs is 5. The molecule has 0 bridgehead atoms. The van der Waals surface area contributed by atoms with Gasteiger partial charge in [0.05, 0.1) is 6.10 Å². The van der Waals surface area contributed by atoms with Gasteiger partial charge in [0.2, 0.25) is 0 Å². The van der Waals surface area contributed by atoms with E-state index < -0.39 is 0 Å². The topological polar surface area (TPSA) is 20.2 Å². The molecule has 0 aromatic rings. The van der Waals surface area contributed by atoms with Crippen LogP contribution < -0.4 is 0 Å². The van der Waals surface area contributed by atoms with Crippen LogP contribution in [0, 0.1) is 40.4 Å². The van der Waals surface area contributed by atoms with Gasteiger partial charge in [-0.25, -0.2) is 0 Å². The fraction of sp³-hybridized carbons (Fsp3) is 0.909. The van der Waals surface area contributed by atoms with E-state index in [0.29, 0.717) is 10.8 Å². The number of hydrogen-bond acceptors (Lipinski definition) is 1. The Morgan fingerprint density at radius 2 is 1.83 bits per heavy atom. The van der Waals surface area contributed by atoms with Crippen LogP contribution in [-0.4, -0.2) is 11.2 Å². The highest BCUT2D eigenvalue weighted by atomic mass is 16.3. The lowest BCUT2D eigenvalue weighted by molar-refractivity contribution is -0.0556. The summed E-state index contributed by atoms with van der Waals surface area (Å²) in [7, 11) is 0. The molecule has 130 valence electrons. The summed E-state index contributed by atoms with van der Waals surface area (Å²) in [5.74, 6) is 4.55. The Hall–Kier alpha value is -0.300. The molecule has 23 heavy (non-hydrogen) atoms. The predicted octanol–water partition coefficient (Wildman–Crippen LogP) is 5.58. The summed E-state index contributed by atoms with van der Waals surface area (Å²) in [4.78, 5) is 0. The van der Waals surface area contributed by atoms with E-state index in [2.05, 4.69) is 33.8 Å². The summed E-state index contributed by atoms with van der Waals surface area (Å²) >= 11 is 0. The molecular weight excluding hydrogens is 280 g/mol. The first-order chi connectivity index (χ1) is 10.9. The Morgan fingerprint density at radius 1 is 1.04 bits per heavy atom. The minimum atomic E-state index is -0.0727.